The molecule has 3 aromatic carbocycles. The fourth-order valence-electron chi connectivity index (χ4n) is 2.77. The second-order valence-corrected chi connectivity index (χ2v) is 7.22. The van der Waals surface area contributed by atoms with Crippen LogP contribution >= 0.6 is 23.2 Å². The Morgan fingerprint density at radius 1 is 0.931 bits per heavy atom. The highest BCUT2D eigenvalue weighted by atomic mass is 35.5. The molecule has 0 aliphatic heterocycles. The summed E-state index contributed by atoms with van der Waals surface area (Å²) in [7, 11) is 0. The largest absolute Gasteiger partial charge is 0.481 e. The van der Waals surface area contributed by atoms with E-state index in [1.54, 1.807) is 66.7 Å². The van der Waals surface area contributed by atoms with E-state index in [1.165, 1.54) is 0 Å². The summed E-state index contributed by atoms with van der Waals surface area (Å²) >= 11 is 12.0. The fraction of sp³-hybridized carbons (Fsp3) is 0.130. The zero-order valence-electron chi connectivity index (χ0n) is 15.7. The predicted molar refractivity (Wildman–Crippen MR) is 116 cm³/mol. The van der Waals surface area contributed by atoms with Gasteiger partial charge in [0.1, 0.15) is 5.75 Å². The van der Waals surface area contributed by atoms with Crippen LogP contribution in [0.2, 0.25) is 10.0 Å². The number of anilines is 1. The van der Waals surface area contributed by atoms with Crippen LogP contribution in [0.1, 0.15) is 29.3 Å². The number of nitrogens with one attached hydrogen (secondary N) is 1. The van der Waals surface area contributed by atoms with Crippen LogP contribution in [0.15, 0.2) is 72.8 Å². The number of benzene rings is 3. The van der Waals surface area contributed by atoms with E-state index in [-0.39, 0.29) is 11.7 Å². The number of amides is 1. The Kier molecular flexibility index (Phi) is 6.91. The third kappa shape index (κ3) is 5.37. The zero-order valence-corrected chi connectivity index (χ0v) is 17.2. The molecular formula is C23H19Cl2NO3. The summed E-state index contributed by atoms with van der Waals surface area (Å²) < 4.78 is 5.78. The number of halogens is 2. The van der Waals surface area contributed by atoms with Crippen molar-refractivity contribution in [3.05, 3.63) is 94.0 Å². The van der Waals surface area contributed by atoms with Crippen LogP contribution in [-0.2, 0) is 4.79 Å². The Morgan fingerprint density at radius 3 is 2.24 bits per heavy atom. The Balaban J connectivity index is 1.82. The molecule has 0 unspecified atom stereocenters. The molecule has 0 heterocycles. The third-order valence-electron chi connectivity index (χ3n) is 4.28. The Labute approximate surface area is 179 Å². The lowest BCUT2D eigenvalue weighted by Crippen LogP contribution is -2.32. The average Bonchev–Trinajstić information content (AvgIpc) is 2.74. The Morgan fingerprint density at radius 2 is 1.59 bits per heavy atom. The van der Waals surface area contributed by atoms with Crippen LogP contribution < -0.4 is 10.1 Å². The molecule has 1 amide bonds. The molecule has 3 rings (SSSR count). The molecule has 0 spiro atoms. The molecule has 0 bridgehead atoms. The lowest BCUT2D eigenvalue weighted by molar-refractivity contribution is -0.122. The number of rotatable bonds is 7. The van der Waals surface area contributed by atoms with Crippen molar-refractivity contribution >= 4 is 40.6 Å². The van der Waals surface area contributed by atoms with E-state index in [9.17, 15) is 9.59 Å². The highest BCUT2D eigenvalue weighted by Crippen LogP contribution is 2.25. The monoisotopic (exact) mass is 427 g/mol. The molecular weight excluding hydrogens is 409 g/mol. The van der Waals surface area contributed by atoms with Gasteiger partial charge in [0.25, 0.3) is 5.91 Å². The van der Waals surface area contributed by atoms with Gasteiger partial charge in [-0.1, -0.05) is 60.5 Å². The molecule has 3 aromatic rings. The first kappa shape index (κ1) is 20.9. The zero-order chi connectivity index (χ0) is 20.8. The molecule has 4 nitrogen and oxygen atoms in total. The highest BCUT2D eigenvalue weighted by Gasteiger charge is 2.22. The summed E-state index contributed by atoms with van der Waals surface area (Å²) in [6, 6.07) is 20.4. The van der Waals surface area contributed by atoms with Gasteiger partial charge in [-0.15, -0.1) is 0 Å². The van der Waals surface area contributed by atoms with Crippen molar-refractivity contribution in [1.82, 2.24) is 0 Å². The molecule has 0 aliphatic rings. The van der Waals surface area contributed by atoms with Crippen LogP contribution in [-0.4, -0.2) is 17.8 Å². The quantitative estimate of drug-likeness (QED) is 0.468. The summed E-state index contributed by atoms with van der Waals surface area (Å²) in [5.41, 5.74) is 1.21. The summed E-state index contributed by atoms with van der Waals surface area (Å²) in [4.78, 5) is 25.7. The third-order valence-corrected chi connectivity index (χ3v) is 4.76. The van der Waals surface area contributed by atoms with E-state index >= 15 is 0 Å². The standard InChI is InChI=1S/C23H19Cl2NO3/c1-2-21(29-18-11-8-16(24)9-12-18)23(28)26-20-13-10-17(25)14-19(20)22(27)15-6-4-3-5-7-15/h3-14,21H,2H2,1H3,(H,26,28)/t21-/m0/s1. The number of hydrogen-bond acceptors (Lipinski definition) is 3. The van der Waals surface area contributed by atoms with Crippen molar-refractivity contribution in [3.8, 4) is 5.75 Å². The van der Waals surface area contributed by atoms with Crippen molar-refractivity contribution in [2.24, 2.45) is 0 Å². The summed E-state index contributed by atoms with van der Waals surface area (Å²) in [6.07, 6.45) is -0.282. The van der Waals surface area contributed by atoms with Gasteiger partial charge in [-0.05, 0) is 48.9 Å². The summed E-state index contributed by atoms with van der Waals surface area (Å²) in [5, 5.41) is 3.79. The van der Waals surface area contributed by atoms with Crippen molar-refractivity contribution < 1.29 is 14.3 Å². The van der Waals surface area contributed by atoms with Crippen LogP contribution in [0.3, 0.4) is 0 Å². The van der Waals surface area contributed by atoms with Gasteiger partial charge in [0.15, 0.2) is 11.9 Å². The predicted octanol–water partition coefficient (Wildman–Crippen LogP) is 6.02. The van der Waals surface area contributed by atoms with E-state index < -0.39 is 6.10 Å². The topological polar surface area (TPSA) is 55.4 Å². The first-order chi connectivity index (χ1) is 14.0. The highest BCUT2D eigenvalue weighted by molar-refractivity contribution is 6.31. The van der Waals surface area contributed by atoms with Crippen molar-refractivity contribution in [3.63, 3.8) is 0 Å². The van der Waals surface area contributed by atoms with Gasteiger partial charge in [-0.25, -0.2) is 0 Å². The average molecular weight is 428 g/mol. The van der Waals surface area contributed by atoms with Gasteiger partial charge in [-0.3, -0.25) is 9.59 Å². The minimum Gasteiger partial charge on any atom is -0.481 e. The second-order valence-electron chi connectivity index (χ2n) is 6.34. The number of ketones is 1. The minimum absolute atomic E-state index is 0.227. The number of ether oxygens (including phenoxy) is 1. The molecule has 1 N–H and O–H groups in total. The molecule has 0 saturated heterocycles. The van der Waals surface area contributed by atoms with Gasteiger partial charge in [0.2, 0.25) is 0 Å². The van der Waals surface area contributed by atoms with Crippen LogP contribution in [0, 0.1) is 0 Å². The molecule has 0 aromatic heterocycles. The molecule has 1 atom stereocenters. The molecule has 6 heteroatoms. The van der Waals surface area contributed by atoms with Crippen LogP contribution in [0.5, 0.6) is 5.75 Å². The van der Waals surface area contributed by atoms with E-state index in [4.69, 9.17) is 27.9 Å². The Hall–Kier alpha value is -2.82. The van der Waals surface area contributed by atoms with Gasteiger partial charge in [0.05, 0.1) is 5.69 Å². The number of hydrogen-bond donors (Lipinski definition) is 1. The second kappa shape index (κ2) is 9.59. The van der Waals surface area contributed by atoms with Gasteiger partial charge >= 0.3 is 0 Å². The lowest BCUT2D eigenvalue weighted by atomic mass is 10.0. The van der Waals surface area contributed by atoms with Crippen molar-refractivity contribution in [2.45, 2.75) is 19.4 Å². The molecule has 29 heavy (non-hydrogen) atoms. The maximum atomic E-state index is 12.9. The molecule has 148 valence electrons. The van der Waals surface area contributed by atoms with Gasteiger partial charge in [0, 0.05) is 21.2 Å². The van der Waals surface area contributed by atoms with E-state index in [0.717, 1.165) is 0 Å². The normalized spacial score (nSPS) is 11.6. The van der Waals surface area contributed by atoms with Crippen LogP contribution in [0.25, 0.3) is 0 Å². The van der Waals surface area contributed by atoms with Gasteiger partial charge < -0.3 is 10.1 Å². The van der Waals surface area contributed by atoms with Crippen molar-refractivity contribution in [2.75, 3.05) is 5.32 Å². The molecule has 0 fully saturated rings. The van der Waals surface area contributed by atoms with E-state index in [2.05, 4.69) is 5.32 Å². The first-order valence-electron chi connectivity index (χ1n) is 9.10. The molecule has 0 saturated carbocycles. The smallest absolute Gasteiger partial charge is 0.265 e. The fourth-order valence-corrected chi connectivity index (χ4v) is 3.07. The van der Waals surface area contributed by atoms with Crippen LogP contribution in [0.4, 0.5) is 5.69 Å². The van der Waals surface area contributed by atoms with Gasteiger partial charge in [-0.2, -0.15) is 0 Å². The first-order valence-corrected chi connectivity index (χ1v) is 9.86. The van der Waals surface area contributed by atoms with Crippen molar-refractivity contribution in [1.29, 1.82) is 0 Å². The van der Waals surface area contributed by atoms with E-state index in [1.807, 2.05) is 13.0 Å². The summed E-state index contributed by atoms with van der Waals surface area (Å²) in [6.45, 7) is 1.85. The lowest BCUT2D eigenvalue weighted by Gasteiger charge is -2.18. The Bertz CT molecular complexity index is 1000. The number of carbonyl (C=O) groups is 2. The molecule has 0 aliphatic carbocycles. The number of carbonyl (C=O) groups excluding carboxylic acids is 2. The maximum absolute atomic E-state index is 12.9. The minimum atomic E-state index is -0.730. The SMILES string of the molecule is CC[C@H](Oc1ccc(Cl)cc1)C(=O)Nc1ccc(Cl)cc1C(=O)c1ccccc1. The maximum Gasteiger partial charge on any atom is 0.265 e. The van der Waals surface area contributed by atoms with E-state index in [0.29, 0.717) is 39.0 Å². The summed E-state index contributed by atoms with van der Waals surface area (Å²) in [5.74, 6) is -0.0463. The molecule has 0 radical (unpaired) electrons.